The van der Waals surface area contributed by atoms with Crippen LogP contribution in [0.4, 0.5) is 0 Å². The van der Waals surface area contributed by atoms with E-state index in [0.29, 0.717) is 17.9 Å². The van der Waals surface area contributed by atoms with Gasteiger partial charge in [0, 0.05) is 24.3 Å². The quantitative estimate of drug-likeness (QED) is 0.217. The van der Waals surface area contributed by atoms with Gasteiger partial charge in [0.15, 0.2) is 5.78 Å². The molecule has 0 spiro atoms. The van der Waals surface area contributed by atoms with E-state index in [1.165, 1.54) is 18.9 Å². The summed E-state index contributed by atoms with van der Waals surface area (Å²) in [7, 11) is 1.18. The monoisotopic (exact) mass is 421 g/mol. The number of rotatable bonds is 15. The highest BCUT2D eigenvalue weighted by Crippen LogP contribution is 2.11. The number of ether oxygens (including phenoxy) is 3. The molecule has 0 aromatic carbocycles. The van der Waals surface area contributed by atoms with Gasteiger partial charge < -0.3 is 25.1 Å². The second-order valence-corrected chi connectivity index (χ2v) is 7.20. The molecule has 0 aliphatic carbocycles. The van der Waals surface area contributed by atoms with E-state index in [4.69, 9.17) is 20.3 Å². The van der Waals surface area contributed by atoms with Crippen LogP contribution in [-0.4, -0.2) is 72.8 Å². The Morgan fingerprint density at radius 1 is 1.11 bits per heavy atom. The van der Waals surface area contributed by atoms with E-state index < -0.39 is 36.6 Å². The van der Waals surface area contributed by atoms with Gasteiger partial charge in [0.1, 0.15) is 12.7 Å². The highest BCUT2D eigenvalue weighted by atomic mass is 32.2. The highest BCUT2D eigenvalue weighted by Gasteiger charge is 2.25. The molecule has 0 radical (unpaired) electrons. The molecule has 9 nitrogen and oxygen atoms in total. The number of thioether (sulfide) groups is 1. The summed E-state index contributed by atoms with van der Waals surface area (Å²) in [4.78, 5) is 46.4. The van der Waals surface area contributed by atoms with Crippen molar-refractivity contribution in [1.29, 1.82) is 0 Å². The van der Waals surface area contributed by atoms with Crippen molar-refractivity contribution in [2.24, 2.45) is 11.7 Å². The number of Topliss-reactive ketones (excluding diaryl/α,β-unsaturated/α-hetero) is 1. The number of carbonyl (C=O) groups excluding carboxylic acids is 4. The maximum absolute atomic E-state index is 12.0. The van der Waals surface area contributed by atoms with Gasteiger partial charge in [-0.3, -0.25) is 19.2 Å². The number of carbonyl (C=O) groups is 4. The predicted octanol–water partition coefficient (Wildman–Crippen LogP) is 0.453. The van der Waals surface area contributed by atoms with Crippen LogP contribution in [0.2, 0.25) is 0 Å². The number of ketones is 1. The van der Waals surface area contributed by atoms with Crippen molar-refractivity contribution < 1.29 is 38.5 Å². The van der Waals surface area contributed by atoms with E-state index in [9.17, 15) is 19.2 Å². The lowest BCUT2D eigenvalue weighted by Gasteiger charge is -2.15. The first-order chi connectivity index (χ1) is 13.3. The number of hydrogen-bond acceptors (Lipinski definition) is 10. The zero-order valence-corrected chi connectivity index (χ0v) is 17.5. The van der Waals surface area contributed by atoms with E-state index in [-0.39, 0.29) is 37.6 Å². The number of aliphatic hydroxyl groups is 1. The molecule has 0 aromatic rings. The SMILES string of the molecule is CCC(=O)O[C@H](CC)CC(=O)OCCSC[C@H](N)C(=O)C[C@@H](CO)C(=O)OC. The summed E-state index contributed by atoms with van der Waals surface area (Å²) in [5.74, 6) is -2.00. The molecule has 162 valence electrons. The van der Waals surface area contributed by atoms with Crippen molar-refractivity contribution in [2.45, 2.75) is 51.7 Å². The van der Waals surface area contributed by atoms with Crippen LogP contribution in [0.15, 0.2) is 0 Å². The molecule has 0 rings (SSSR count). The highest BCUT2D eigenvalue weighted by molar-refractivity contribution is 7.99. The molecule has 3 atom stereocenters. The molecule has 0 saturated heterocycles. The molecule has 0 amide bonds. The van der Waals surface area contributed by atoms with Gasteiger partial charge >= 0.3 is 17.9 Å². The Bertz CT molecular complexity index is 514. The van der Waals surface area contributed by atoms with Crippen molar-refractivity contribution >= 4 is 35.5 Å². The van der Waals surface area contributed by atoms with Gasteiger partial charge in [0.05, 0.1) is 32.1 Å². The van der Waals surface area contributed by atoms with Crippen LogP contribution in [0.3, 0.4) is 0 Å². The van der Waals surface area contributed by atoms with Crippen LogP contribution >= 0.6 is 11.8 Å². The summed E-state index contributed by atoms with van der Waals surface area (Å²) in [6.45, 7) is 3.15. The summed E-state index contributed by atoms with van der Waals surface area (Å²) in [5.41, 5.74) is 5.79. The summed E-state index contributed by atoms with van der Waals surface area (Å²) in [5, 5.41) is 9.12. The third-order valence-corrected chi connectivity index (χ3v) is 4.89. The minimum Gasteiger partial charge on any atom is -0.469 e. The Balaban J connectivity index is 4.05. The largest absolute Gasteiger partial charge is 0.469 e. The van der Waals surface area contributed by atoms with Crippen molar-refractivity contribution in [1.82, 2.24) is 0 Å². The van der Waals surface area contributed by atoms with E-state index in [0.717, 1.165) is 0 Å². The van der Waals surface area contributed by atoms with E-state index >= 15 is 0 Å². The maximum atomic E-state index is 12.0. The molecule has 0 saturated carbocycles. The topological polar surface area (TPSA) is 142 Å². The van der Waals surface area contributed by atoms with Gasteiger partial charge in [-0.2, -0.15) is 11.8 Å². The second-order valence-electron chi connectivity index (χ2n) is 6.05. The fourth-order valence-corrected chi connectivity index (χ4v) is 2.89. The molecule has 0 bridgehead atoms. The van der Waals surface area contributed by atoms with Crippen molar-refractivity contribution in [3.63, 3.8) is 0 Å². The Kier molecular flexibility index (Phi) is 14.4. The third-order valence-electron chi connectivity index (χ3n) is 3.84. The first-order valence-corrected chi connectivity index (χ1v) is 10.3. The average molecular weight is 422 g/mol. The zero-order valence-electron chi connectivity index (χ0n) is 16.7. The molecular formula is C18H31NO8S. The van der Waals surface area contributed by atoms with Crippen molar-refractivity contribution in [2.75, 3.05) is 31.8 Å². The van der Waals surface area contributed by atoms with Crippen LogP contribution in [0.1, 0.15) is 39.5 Å². The first kappa shape index (κ1) is 26.4. The van der Waals surface area contributed by atoms with Crippen LogP contribution in [0.25, 0.3) is 0 Å². The Morgan fingerprint density at radius 3 is 2.32 bits per heavy atom. The summed E-state index contributed by atoms with van der Waals surface area (Å²) >= 11 is 1.33. The van der Waals surface area contributed by atoms with Crippen molar-refractivity contribution in [3.05, 3.63) is 0 Å². The first-order valence-electron chi connectivity index (χ1n) is 9.18. The van der Waals surface area contributed by atoms with Gasteiger partial charge in [0.2, 0.25) is 0 Å². The van der Waals surface area contributed by atoms with Crippen LogP contribution < -0.4 is 5.73 Å². The Morgan fingerprint density at radius 2 is 1.79 bits per heavy atom. The second kappa shape index (κ2) is 15.3. The van der Waals surface area contributed by atoms with E-state index in [1.807, 2.05) is 6.92 Å². The molecule has 0 heterocycles. The molecule has 28 heavy (non-hydrogen) atoms. The molecule has 0 aliphatic heterocycles. The lowest BCUT2D eigenvalue weighted by Crippen LogP contribution is -2.36. The molecule has 0 fully saturated rings. The summed E-state index contributed by atoms with van der Waals surface area (Å²) in [6.07, 6.45) is 0.0932. The number of aliphatic hydroxyl groups excluding tert-OH is 1. The lowest BCUT2D eigenvalue weighted by molar-refractivity contribution is -0.154. The van der Waals surface area contributed by atoms with Gasteiger partial charge in [-0.15, -0.1) is 0 Å². The molecule has 0 aromatic heterocycles. The van der Waals surface area contributed by atoms with Gasteiger partial charge in [-0.25, -0.2) is 0 Å². The number of hydrogen-bond donors (Lipinski definition) is 2. The molecule has 10 heteroatoms. The van der Waals surface area contributed by atoms with E-state index in [2.05, 4.69) is 4.74 Å². The Labute approximate surface area is 169 Å². The standard InChI is InChI=1S/C18H31NO8S/c1-4-13(27-16(22)5-2)9-17(23)26-6-7-28-11-14(19)15(21)8-12(10-20)18(24)25-3/h12-14,20H,4-11,19H2,1-3H3/t12-,13+,14-/m0/s1. The van der Waals surface area contributed by atoms with Crippen LogP contribution in [-0.2, 0) is 33.4 Å². The third kappa shape index (κ3) is 11.3. The molecule has 0 unspecified atom stereocenters. The smallest absolute Gasteiger partial charge is 0.311 e. The maximum Gasteiger partial charge on any atom is 0.311 e. The van der Waals surface area contributed by atoms with Crippen LogP contribution in [0, 0.1) is 5.92 Å². The fourth-order valence-electron chi connectivity index (χ4n) is 2.08. The molecule has 0 aliphatic rings. The number of methoxy groups -OCH3 is 1. The number of esters is 3. The predicted molar refractivity (Wildman–Crippen MR) is 104 cm³/mol. The van der Waals surface area contributed by atoms with Gasteiger partial charge in [-0.1, -0.05) is 13.8 Å². The minimum atomic E-state index is -0.914. The molecule has 3 N–H and O–H groups in total. The Hall–Kier alpha value is -1.65. The summed E-state index contributed by atoms with van der Waals surface area (Å²) in [6, 6.07) is -0.794. The minimum absolute atomic E-state index is 0.000975. The normalized spacial score (nSPS) is 13.9. The van der Waals surface area contributed by atoms with Crippen molar-refractivity contribution in [3.8, 4) is 0 Å². The zero-order chi connectivity index (χ0) is 21.5. The van der Waals surface area contributed by atoms with Crippen LogP contribution in [0.5, 0.6) is 0 Å². The average Bonchev–Trinajstić information content (AvgIpc) is 2.69. The molecular weight excluding hydrogens is 390 g/mol. The number of nitrogens with two attached hydrogens (primary N) is 1. The van der Waals surface area contributed by atoms with Gasteiger partial charge in [0.25, 0.3) is 0 Å². The van der Waals surface area contributed by atoms with E-state index in [1.54, 1.807) is 6.92 Å². The lowest BCUT2D eigenvalue weighted by atomic mass is 10.0. The fraction of sp³-hybridized carbons (Fsp3) is 0.778. The summed E-state index contributed by atoms with van der Waals surface area (Å²) < 4.78 is 14.7. The van der Waals surface area contributed by atoms with Gasteiger partial charge in [-0.05, 0) is 6.42 Å².